The Balaban J connectivity index is 2.81. The summed E-state index contributed by atoms with van der Waals surface area (Å²) in [5.74, 6) is -1.97. The van der Waals surface area contributed by atoms with Crippen LogP contribution in [0.1, 0.15) is 24.6 Å². The molecule has 1 aromatic heterocycles. The van der Waals surface area contributed by atoms with Gasteiger partial charge in [-0.3, -0.25) is 10.1 Å². The first kappa shape index (κ1) is 25.3. The van der Waals surface area contributed by atoms with Crippen LogP contribution in [0.3, 0.4) is 0 Å². The fourth-order valence-electron chi connectivity index (χ4n) is 2.97. The average molecular weight is 494 g/mol. The second-order valence-electron chi connectivity index (χ2n) is 6.73. The maximum absolute atomic E-state index is 13.3. The van der Waals surface area contributed by atoms with Gasteiger partial charge in [0.2, 0.25) is 10.0 Å². The van der Waals surface area contributed by atoms with Crippen LogP contribution in [-0.2, 0) is 21.8 Å². The molecular weight excluding hydrogens is 478 g/mol. The molecule has 0 aliphatic carbocycles. The number of alkyl halides is 6. The molecule has 7 nitrogen and oxygen atoms in total. The highest BCUT2D eigenvalue weighted by molar-refractivity contribution is 7.99. The molecule has 1 unspecified atom stereocenters. The molecule has 1 aromatic carbocycles. The van der Waals surface area contributed by atoms with Gasteiger partial charge in [-0.25, -0.2) is 12.4 Å². The monoisotopic (exact) mass is 494 g/mol. The summed E-state index contributed by atoms with van der Waals surface area (Å²) in [5, 5.41) is 21.7. The van der Waals surface area contributed by atoms with Gasteiger partial charge >= 0.3 is 12.4 Å². The summed E-state index contributed by atoms with van der Waals surface area (Å²) in [4.78, 5) is 9.82. The maximum Gasteiger partial charge on any atom is 0.423 e. The van der Waals surface area contributed by atoms with Gasteiger partial charge < -0.3 is 5.11 Å². The van der Waals surface area contributed by atoms with E-state index in [1.807, 2.05) is 0 Å². The minimum atomic E-state index is -5.19. The van der Waals surface area contributed by atoms with E-state index in [4.69, 9.17) is 0 Å². The number of aliphatic hydroxyl groups is 1. The highest BCUT2D eigenvalue weighted by Crippen LogP contribution is 2.42. The molecule has 0 saturated carbocycles. The van der Waals surface area contributed by atoms with Crippen molar-refractivity contribution in [3.05, 3.63) is 39.6 Å². The quantitative estimate of drug-likeness (QED) is 0.351. The number of fused-ring (bicyclic) bond motifs is 1. The number of rotatable bonds is 7. The van der Waals surface area contributed by atoms with Gasteiger partial charge in [-0.15, -0.1) is 11.8 Å². The fraction of sp³-hybridized carbons (Fsp3) is 0.500. The SMILES string of the molecule is CCC(O)(CSCC(F)(F)F)c1cc2cc([N+](=O)[O-])c(C(F)(F)F)cc2n1S(C)(=O)=O. The van der Waals surface area contributed by atoms with Crippen LogP contribution in [0.5, 0.6) is 0 Å². The first-order valence-corrected chi connectivity index (χ1v) is 11.4. The lowest BCUT2D eigenvalue weighted by molar-refractivity contribution is -0.387. The Hall–Kier alpha value is -2.00. The average Bonchev–Trinajstić information content (AvgIpc) is 2.98. The van der Waals surface area contributed by atoms with Gasteiger partial charge in [-0.05, 0) is 18.6 Å². The number of hydrogen-bond acceptors (Lipinski definition) is 6. The van der Waals surface area contributed by atoms with Gasteiger partial charge in [0.05, 0.1) is 28.1 Å². The normalized spacial score (nSPS) is 15.3. The topological polar surface area (TPSA) is 102 Å². The van der Waals surface area contributed by atoms with E-state index in [1.165, 1.54) is 6.92 Å². The summed E-state index contributed by atoms with van der Waals surface area (Å²) in [7, 11) is -4.37. The lowest BCUT2D eigenvalue weighted by atomic mass is 9.99. The maximum atomic E-state index is 13.3. The molecule has 1 atom stereocenters. The van der Waals surface area contributed by atoms with Gasteiger partial charge in [0.1, 0.15) is 11.2 Å². The predicted octanol–water partition coefficient (Wildman–Crippen LogP) is 4.27. The molecule has 2 aromatic rings. The van der Waals surface area contributed by atoms with Gasteiger partial charge in [0.15, 0.2) is 0 Å². The van der Waals surface area contributed by atoms with Gasteiger partial charge in [0.25, 0.3) is 5.69 Å². The Morgan fingerprint density at radius 1 is 1.13 bits per heavy atom. The molecule has 0 radical (unpaired) electrons. The Morgan fingerprint density at radius 2 is 1.71 bits per heavy atom. The van der Waals surface area contributed by atoms with Gasteiger partial charge in [-0.1, -0.05) is 6.92 Å². The van der Waals surface area contributed by atoms with Crippen molar-refractivity contribution in [2.75, 3.05) is 17.8 Å². The Kier molecular flexibility index (Phi) is 6.65. The molecule has 0 spiro atoms. The highest BCUT2D eigenvalue weighted by Gasteiger charge is 2.41. The third-order valence-electron chi connectivity index (χ3n) is 4.38. The molecule has 1 N–H and O–H groups in total. The summed E-state index contributed by atoms with van der Waals surface area (Å²) in [6, 6.07) is 1.72. The lowest BCUT2D eigenvalue weighted by Gasteiger charge is -2.28. The number of thioether (sulfide) groups is 1. The van der Waals surface area contributed by atoms with Crippen molar-refractivity contribution >= 4 is 38.4 Å². The van der Waals surface area contributed by atoms with Crippen molar-refractivity contribution in [2.24, 2.45) is 0 Å². The van der Waals surface area contributed by atoms with Crippen LogP contribution < -0.4 is 0 Å². The Morgan fingerprint density at radius 3 is 2.13 bits per heavy atom. The van der Waals surface area contributed by atoms with Crippen LogP contribution in [0, 0.1) is 10.1 Å². The van der Waals surface area contributed by atoms with Crippen molar-refractivity contribution in [1.29, 1.82) is 0 Å². The highest BCUT2D eigenvalue weighted by atomic mass is 32.2. The van der Waals surface area contributed by atoms with Gasteiger partial charge in [-0.2, -0.15) is 26.3 Å². The molecule has 15 heteroatoms. The van der Waals surface area contributed by atoms with Crippen molar-refractivity contribution in [2.45, 2.75) is 31.3 Å². The number of nitrogens with zero attached hydrogens (tertiary/aromatic N) is 2. The molecule has 0 amide bonds. The number of benzene rings is 1. The number of halogens is 6. The smallest absolute Gasteiger partial charge is 0.383 e. The zero-order chi connectivity index (χ0) is 24.0. The van der Waals surface area contributed by atoms with E-state index in [2.05, 4.69) is 0 Å². The zero-order valence-electron chi connectivity index (χ0n) is 15.9. The molecule has 0 bridgehead atoms. The molecule has 174 valence electrons. The van der Waals surface area contributed by atoms with E-state index in [9.17, 15) is 50.0 Å². The van der Waals surface area contributed by atoms with Crippen LogP contribution in [-0.4, -0.2) is 46.4 Å². The van der Waals surface area contributed by atoms with Crippen molar-refractivity contribution in [3.63, 3.8) is 0 Å². The van der Waals surface area contributed by atoms with Crippen LogP contribution in [0.2, 0.25) is 0 Å². The first-order valence-electron chi connectivity index (χ1n) is 8.39. The Labute approximate surface area is 176 Å². The summed E-state index contributed by atoms with van der Waals surface area (Å²) < 4.78 is 102. The third-order valence-corrected chi connectivity index (χ3v) is 6.65. The molecule has 2 rings (SSSR count). The van der Waals surface area contributed by atoms with Crippen molar-refractivity contribution < 1.29 is 44.8 Å². The van der Waals surface area contributed by atoms with Crippen LogP contribution in [0.25, 0.3) is 10.9 Å². The zero-order valence-corrected chi connectivity index (χ0v) is 17.5. The van der Waals surface area contributed by atoms with Crippen LogP contribution >= 0.6 is 11.8 Å². The van der Waals surface area contributed by atoms with Crippen molar-refractivity contribution in [1.82, 2.24) is 3.97 Å². The molecule has 0 aliphatic heterocycles. The van der Waals surface area contributed by atoms with E-state index < -0.39 is 66.9 Å². The van der Waals surface area contributed by atoms with E-state index in [0.29, 0.717) is 16.3 Å². The summed E-state index contributed by atoms with van der Waals surface area (Å²) in [5.41, 5.74) is -6.29. The first-order chi connectivity index (χ1) is 13.9. The molecule has 0 saturated heterocycles. The number of hydrogen-bond donors (Lipinski definition) is 1. The van der Waals surface area contributed by atoms with Crippen LogP contribution in [0.15, 0.2) is 18.2 Å². The van der Waals surface area contributed by atoms with E-state index >= 15 is 0 Å². The Bertz CT molecular complexity index is 1110. The molecule has 31 heavy (non-hydrogen) atoms. The van der Waals surface area contributed by atoms with E-state index in [0.717, 1.165) is 6.07 Å². The molecule has 0 fully saturated rings. The number of nitro benzene ring substituents is 1. The lowest BCUT2D eigenvalue weighted by Crippen LogP contribution is -2.33. The molecule has 0 aliphatic rings. The van der Waals surface area contributed by atoms with Crippen LogP contribution in [0.4, 0.5) is 32.0 Å². The largest absolute Gasteiger partial charge is 0.423 e. The van der Waals surface area contributed by atoms with Crippen molar-refractivity contribution in [3.8, 4) is 0 Å². The molecular formula is C16H16F6N2O5S2. The van der Waals surface area contributed by atoms with E-state index in [1.54, 1.807) is 0 Å². The van der Waals surface area contributed by atoms with E-state index in [-0.39, 0.29) is 29.6 Å². The van der Waals surface area contributed by atoms with Gasteiger partial charge in [0, 0.05) is 17.2 Å². The minimum absolute atomic E-state index is 0.260. The second-order valence-corrected chi connectivity index (χ2v) is 9.55. The number of aromatic nitrogens is 1. The fourth-order valence-corrected chi connectivity index (χ4v) is 5.09. The second kappa shape index (κ2) is 8.16. The molecule has 1 heterocycles. The summed E-state index contributed by atoms with van der Waals surface area (Å²) >= 11 is 0.260. The third kappa shape index (κ3) is 5.44. The standard InChI is InChI=1S/C16H16F6N2O5S2/c1-3-14(25,7-30-8-15(17,18)19)13-5-9-4-12(24(26)27)10(16(20,21)22)6-11(9)23(13)31(2,28)29/h4-6,25H,3,7-8H2,1-2H3. The minimum Gasteiger partial charge on any atom is -0.383 e. The number of nitro groups is 1. The summed E-state index contributed by atoms with van der Waals surface area (Å²) in [6.07, 6.45) is -9.40. The summed E-state index contributed by atoms with van der Waals surface area (Å²) in [6.45, 7) is 1.35. The predicted molar refractivity (Wildman–Crippen MR) is 101 cm³/mol.